The summed E-state index contributed by atoms with van der Waals surface area (Å²) in [6, 6.07) is -1.38. The van der Waals surface area contributed by atoms with Crippen LogP contribution in [0.5, 0.6) is 0 Å². The Bertz CT molecular complexity index is 566. The van der Waals surface area contributed by atoms with Gasteiger partial charge in [-0.15, -0.1) is 0 Å². The van der Waals surface area contributed by atoms with Crippen molar-refractivity contribution in [1.29, 1.82) is 0 Å². The van der Waals surface area contributed by atoms with Gasteiger partial charge in [0.2, 0.25) is 5.91 Å². The van der Waals surface area contributed by atoms with Crippen molar-refractivity contribution < 1.29 is 14.4 Å². The third-order valence-electron chi connectivity index (χ3n) is 3.25. The maximum absolute atomic E-state index is 12.0. The number of anilines is 1. The standard InChI is InChI=1S/C13H19N5O3/c1-3-4-5-18-11(8(2)7-14-18)16-10(19)6-9-12(20)17-13(21)15-9/h7,9H,3-6H2,1-2H3,(H,16,19)(H2,15,17,20,21)/t9-/m0/s1. The molecule has 2 rings (SSSR count). The number of aromatic nitrogens is 2. The SMILES string of the molecule is CCCCn1ncc(C)c1NC(=O)C[C@@H]1NC(=O)NC1=O. The number of hydrogen-bond donors (Lipinski definition) is 3. The van der Waals surface area contributed by atoms with Crippen LogP contribution in [0.1, 0.15) is 31.7 Å². The Balaban J connectivity index is 1.98. The Hall–Kier alpha value is -2.38. The molecular weight excluding hydrogens is 274 g/mol. The largest absolute Gasteiger partial charge is 0.325 e. The zero-order chi connectivity index (χ0) is 15.4. The Labute approximate surface area is 122 Å². The van der Waals surface area contributed by atoms with Crippen LogP contribution < -0.4 is 16.0 Å². The summed E-state index contributed by atoms with van der Waals surface area (Å²) in [6.07, 6.45) is 3.58. The molecule has 114 valence electrons. The van der Waals surface area contributed by atoms with E-state index < -0.39 is 18.0 Å². The van der Waals surface area contributed by atoms with Gasteiger partial charge >= 0.3 is 6.03 Å². The maximum Gasteiger partial charge on any atom is 0.322 e. The molecule has 0 aromatic carbocycles. The Morgan fingerprint density at radius 2 is 2.24 bits per heavy atom. The number of imide groups is 1. The summed E-state index contributed by atoms with van der Waals surface area (Å²) in [5, 5.41) is 11.5. The van der Waals surface area contributed by atoms with Gasteiger partial charge in [-0.3, -0.25) is 14.9 Å². The van der Waals surface area contributed by atoms with Crippen LogP contribution in [0.25, 0.3) is 0 Å². The molecule has 8 nitrogen and oxygen atoms in total. The van der Waals surface area contributed by atoms with Crippen molar-refractivity contribution in [2.75, 3.05) is 5.32 Å². The maximum atomic E-state index is 12.0. The molecule has 21 heavy (non-hydrogen) atoms. The highest BCUT2D eigenvalue weighted by atomic mass is 16.2. The quantitative estimate of drug-likeness (QED) is 0.665. The molecule has 0 aliphatic carbocycles. The summed E-state index contributed by atoms with van der Waals surface area (Å²) >= 11 is 0. The first-order chi connectivity index (χ1) is 10.0. The van der Waals surface area contributed by atoms with E-state index in [-0.39, 0.29) is 12.3 Å². The molecule has 2 heterocycles. The Kier molecular flexibility index (Phi) is 4.56. The van der Waals surface area contributed by atoms with Gasteiger partial charge in [-0.1, -0.05) is 13.3 Å². The van der Waals surface area contributed by atoms with E-state index in [2.05, 4.69) is 28.0 Å². The second kappa shape index (κ2) is 6.38. The lowest BCUT2D eigenvalue weighted by molar-refractivity contribution is -0.124. The summed E-state index contributed by atoms with van der Waals surface area (Å²) in [6.45, 7) is 4.66. The van der Waals surface area contributed by atoms with Gasteiger partial charge in [-0.05, 0) is 13.3 Å². The lowest BCUT2D eigenvalue weighted by atomic mass is 10.2. The predicted molar refractivity (Wildman–Crippen MR) is 75.6 cm³/mol. The van der Waals surface area contributed by atoms with Gasteiger partial charge in [-0.2, -0.15) is 5.10 Å². The average Bonchev–Trinajstić information content (AvgIpc) is 2.92. The van der Waals surface area contributed by atoms with Crippen LogP contribution in [0.4, 0.5) is 10.6 Å². The van der Waals surface area contributed by atoms with Crippen molar-refractivity contribution in [3.05, 3.63) is 11.8 Å². The number of rotatable bonds is 6. The predicted octanol–water partition coefficient (Wildman–Crippen LogP) is 0.528. The number of urea groups is 1. The van der Waals surface area contributed by atoms with Gasteiger partial charge in [0.25, 0.3) is 5.91 Å². The number of carbonyl (C=O) groups is 3. The monoisotopic (exact) mass is 293 g/mol. The zero-order valence-corrected chi connectivity index (χ0v) is 12.1. The first-order valence-electron chi connectivity index (χ1n) is 6.95. The topological polar surface area (TPSA) is 105 Å². The number of aryl methyl sites for hydroxylation is 2. The van der Waals surface area contributed by atoms with Gasteiger partial charge in [0, 0.05) is 12.1 Å². The fourth-order valence-corrected chi connectivity index (χ4v) is 2.09. The van der Waals surface area contributed by atoms with E-state index >= 15 is 0 Å². The molecule has 0 unspecified atom stereocenters. The van der Waals surface area contributed by atoms with Crippen molar-refractivity contribution in [2.45, 2.75) is 45.7 Å². The summed E-state index contributed by atoms with van der Waals surface area (Å²) in [7, 11) is 0. The van der Waals surface area contributed by atoms with Gasteiger partial charge in [0.1, 0.15) is 11.9 Å². The van der Waals surface area contributed by atoms with Crippen molar-refractivity contribution in [2.24, 2.45) is 0 Å². The molecule has 0 radical (unpaired) electrons. The van der Waals surface area contributed by atoms with E-state index in [0.29, 0.717) is 5.82 Å². The van der Waals surface area contributed by atoms with Crippen LogP contribution in [0.2, 0.25) is 0 Å². The molecule has 1 aromatic rings. The minimum Gasteiger partial charge on any atom is -0.325 e. The van der Waals surface area contributed by atoms with E-state index in [1.807, 2.05) is 6.92 Å². The highest BCUT2D eigenvalue weighted by Crippen LogP contribution is 2.15. The Morgan fingerprint density at radius 1 is 1.48 bits per heavy atom. The molecule has 1 saturated heterocycles. The van der Waals surface area contributed by atoms with Gasteiger partial charge in [-0.25, -0.2) is 9.48 Å². The smallest absolute Gasteiger partial charge is 0.322 e. The number of carbonyl (C=O) groups excluding carboxylic acids is 3. The first-order valence-corrected chi connectivity index (χ1v) is 6.95. The zero-order valence-electron chi connectivity index (χ0n) is 12.1. The summed E-state index contributed by atoms with van der Waals surface area (Å²) in [5.41, 5.74) is 0.861. The van der Waals surface area contributed by atoms with Gasteiger partial charge in [0.15, 0.2) is 0 Å². The van der Waals surface area contributed by atoms with Crippen LogP contribution in [0.3, 0.4) is 0 Å². The van der Waals surface area contributed by atoms with Crippen LogP contribution in [0, 0.1) is 6.92 Å². The van der Waals surface area contributed by atoms with Crippen molar-refractivity contribution in [1.82, 2.24) is 20.4 Å². The van der Waals surface area contributed by atoms with E-state index in [9.17, 15) is 14.4 Å². The number of unbranched alkanes of at least 4 members (excludes halogenated alkanes) is 1. The molecule has 1 aromatic heterocycles. The Morgan fingerprint density at radius 3 is 2.86 bits per heavy atom. The normalized spacial score (nSPS) is 17.5. The third-order valence-corrected chi connectivity index (χ3v) is 3.25. The summed E-state index contributed by atoms with van der Waals surface area (Å²) in [4.78, 5) is 34.4. The number of nitrogens with one attached hydrogen (secondary N) is 3. The second-order valence-electron chi connectivity index (χ2n) is 5.02. The molecule has 1 aliphatic heterocycles. The highest BCUT2D eigenvalue weighted by molar-refractivity contribution is 6.06. The molecule has 0 saturated carbocycles. The fraction of sp³-hybridized carbons (Fsp3) is 0.538. The van der Waals surface area contributed by atoms with E-state index in [1.165, 1.54) is 0 Å². The van der Waals surface area contributed by atoms with Gasteiger partial charge < -0.3 is 10.6 Å². The second-order valence-corrected chi connectivity index (χ2v) is 5.02. The van der Waals surface area contributed by atoms with Crippen LogP contribution in [-0.4, -0.2) is 33.7 Å². The first kappa shape index (κ1) is 15.0. The lowest BCUT2D eigenvalue weighted by Crippen LogP contribution is -2.33. The minimum atomic E-state index is -0.815. The molecule has 1 aliphatic rings. The van der Waals surface area contributed by atoms with Crippen LogP contribution in [-0.2, 0) is 16.1 Å². The number of nitrogens with zero attached hydrogens (tertiary/aromatic N) is 2. The van der Waals surface area contributed by atoms with Crippen molar-refractivity contribution >= 4 is 23.7 Å². The van der Waals surface area contributed by atoms with Crippen LogP contribution >= 0.6 is 0 Å². The van der Waals surface area contributed by atoms with E-state index in [0.717, 1.165) is 24.9 Å². The summed E-state index contributed by atoms with van der Waals surface area (Å²) in [5.74, 6) is -0.178. The molecular formula is C13H19N5O3. The number of amides is 4. The molecule has 1 atom stereocenters. The minimum absolute atomic E-state index is 0.101. The lowest BCUT2D eigenvalue weighted by Gasteiger charge is -2.11. The fourth-order valence-electron chi connectivity index (χ4n) is 2.09. The van der Waals surface area contributed by atoms with E-state index in [4.69, 9.17) is 0 Å². The molecule has 1 fully saturated rings. The molecule has 8 heteroatoms. The highest BCUT2D eigenvalue weighted by Gasteiger charge is 2.31. The van der Waals surface area contributed by atoms with Crippen molar-refractivity contribution in [3.63, 3.8) is 0 Å². The van der Waals surface area contributed by atoms with Gasteiger partial charge in [0.05, 0.1) is 12.6 Å². The molecule has 4 amide bonds. The molecule has 0 bridgehead atoms. The summed E-state index contributed by atoms with van der Waals surface area (Å²) < 4.78 is 1.74. The number of hydrogen-bond acceptors (Lipinski definition) is 4. The molecule has 3 N–H and O–H groups in total. The molecule has 0 spiro atoms. The van der Waals surface area contributed by atoms with E-state index in [1.54, 1.807) is 10.9 Å². The van der Waals surface area contributed by atoms with Crippen LogP contribution in [0.15, 0.2) is 6.20 Å². The average molecular weight is 293 g/mol. The van der Waals surface area contributed by atoms with Crippen molar-refractivity contribution in [3.8, 4) is 0 Å². The third kappa shape index (κ3) is 3.59.